The van der Waals surface area contributed by atoms with Crippen molar-refractivity contribution in [1.29, 1.82) is 0 Å². The summed E-state index contributed by atoms with van der Waals surface area (Å²) >= 11 is 0. The van der Waals surface area contributed by atoms with E-state index >= 15 is 0 Å². The SMILES string of the molecule is CCn1nc(C)cc1C(=O)N1C[C@@H](OC)[C@@H]2OCCC[C@@H]21. The number of methoxy groups -OCH3 is 1. The third kappa shape index (κ3) is 2.46. The number of rotatable bonds is 3. The molecule has 0 spiro atoms. The molecule has 6 heteroatoms. The Bertz CT molecular complexity index is 528. The van der Waals surface area contributed by atoms with Gasteiger partial charge in [0.2, 0.25) is 0 Å². The van der Waals surface area contributed by atoms with Crippen molar-refractivity contribution in [2.45, 2.75) is 51.5 Å². The molecule has 0 aliphatic carbocycles. The minimum absolute atomic E-state index is 0.00629. The number of amides is 1. The number of carbonyl (C=O) groups is 1. The summed E-state index contributed by atoms with van der Waals surface area (Å²) in [5, 5.41) is 4.37. The normalized spacial score (nSPS) is 28.7. The number of aryl methyl sites for hydroxylation is 2. The average molecular weight is 293 g/mol. The Morgan fingerprint density at radius 2 is 2.38 bits per heavy atom. The van der Waals surface area contributed by atoms with Gasteiger partial charge in [0, 0.05) is 20.3 Å². The van der Waals surface area contributed by atoms with Crippen molar-refractivity contribution < 1.29 is 14.3 Å². The van der Waals surface area contributed by atoms with Crippen LogP contribution in [0.25, 0.3) is 0 Å². The van der Waals surface area contributed by atoms with Crippen LogP contribution in [0.4, 0.5) is 0 Å². The van der Waals surface area contributed by atoms with Gasteiger partial charge in [0.25, 0.3) is 5.91 Å². The molecule has 0 unspecified atom stereocenters. The highest BCUT2D eigenvalue weighted by Gasteiger charge is 2.46. The molecule has 2 aliphatic heterocycles. The lowest BCUT2D eigenvalue weighted by atomic mass is 10.0. The van der Waals surface area contributed by atoms with Crippen LogP contribution in [0.2, 0.25) is 0 Å². The molecule has 0 saturated carbocycles. The zero-order valence-corrected chi connectivity index (χ0v) is 12.9. The lowest BCUT2D eigenvalue weighted by Crippen LogP contribution is -2.44. The van der Waals surface area contributed by atoms with E-state index in [0.29, 0.717) is 18.8 Å². The van der Waals surface area contributed by atoms with Gasteiger partial charge in [0.15, 0.2) is 0 Å². The van der Waals surface area contributed by atoms with Gasteiger partial charge in [-0.3, -0.25) is 9.48 Å². The lowest BCUT2D eigenvalue weighted by molar-refractivity contribution is -0.0639. The average Bonchev–Trinajstić information content (AvgIpc) is 3.07. The molecule has 2 saturated heterocycles. The van der Waals surface area contributed by atoms with Crippen molar-refractivity contribution in [3.8, 4) is 0 Å². The van der Waals surface area contributed by atoms with Crippen molar-refractivity contribution in [1.82, 2.24) is 14.7 Å². The number of likely N-dealkylation sites (tertiary alicyclic amines) is 1. The van der Waals surface area contributed by atoms with E-state index in [2.05, 4.69) is 5.10 Å². The fourth-order valence-corrected chi connectivity index (χ4v) is 3.46. The molecule has 6 nitrogen and oxygen atoms in total. The van der Waals surface area contributed by atoms with Crippen molar-refractivity contribution >= 4 is 5.91 Å². The molecule has 3 rings (SSSR count). The molecule has 1 aromatic rings. The Labute approximate surface area is 125 Å². The number of hydrogen-bond donors (Lipinski definition) is 0. The van der Waals surface area contributed by atoms with Crippen LogP contribution in [-0.4, -0.2) is 59.1 Å². The van der Waals surface area contributed by atoms with E-state index in [1.807, 2.05) is 24.8 Å². The summed E-state index contributed by atoms with van der Waals surface area (Å²) in [5.41, 5.74) is 1.54. The number of nitrogens with zero attached hydrogens (tertiary/aromatic N) is 3. The first-order chi connectivity index (χ1) is 10.2. The van der Waals surface area contributed by atoms with Crippen LogP contribution in [0.3, 0.4) is 0 Å². The first-order valence-electron chi connectivity index (χ1n) is 7.65. The van der Waals surface area contributed by atoms with Crippen LogP contribution in [0, 0.1) is 6.92 Å². The predicted octanol–water partition coefficient (Wildman–Crippen LogP) is 1.23. The molecular weight excluding hydrogens is 270 g/mol. The number of carbonyl (C=O) groups excluding carboxylic acids is 1. The molecule has 116 valence electrons. The molecule has 2 fully saturated rings. The third-order valence-electron chi connectivity index (χ3n) is 4.46. The zero-order chi connectivity index (χ0) is 15.0. The number of ether oxygens (including phenoxy) is 2. The van der Waals surface area contributed by atoms with Crippen LogP contribution >= 0.6 is 0 Å². The van der Waals surface area contributed by atoms with E-state index in [1.54, 1.807) is 11.8 Å². The van der Waals surface area contributed by atoms with Gasteiger partial charge in [-0.1, -0.05) is 0 Å². The lowest BCUT2D eigenvalue weighted by Gasteiger charge is -2.32. The van der Waals surface area contributed by atoms with Crippen LogP contribution in [-0.2, 0) is 16.0 Å². The second-order valence-corrected chi connectivity index (χ2v) is 5.76. The van der Waals surface area contributed by atoms with Gasteiger partial charge in [-0.15, -0.1) is 0 Å². The topological polar surface area (TPSA) is 56.6 Å². The maximum Gasteiger partial charge on any atom is 0.272 e. The summed E-state index contributed by atoms with van der Waals surface area (Å²) in [6.07, 6.45) is 1.95. The molecule has 3 heterocycles. The molecule has 0 aromatic carbocycles. The Morgan fingerprint density at radius 1 is 1.57 bits per heavy atom. The molecule has 2 aliphatic rings. The summed E-state index contributed by atoms with van der Waals surface area (Å²) in [4.78, 5) is 14.8. The van der Waals surface area contributed by atoms with E-state index in [4.69, 9.17) is 9.47 Å². The fourth-order valence-electron chi connectivity index (χ4n) is 3.46. The summed E-state index contributed by atoms with van der Waals surface area (Å²) in [7, 11) is 1.69. The first kappa shape index (κ1) is 14.5. The van der Waals surface area contributed by atoms with Gasteiger partial charge in [0.1, 0.15) is 17.9 Å². The highest BCUT2D eigenvalue weighted by molar-refractivity contribution is 5.93. The van der Waals surface area contributed by atoms with E-state index in [-0.39, 0.29) is 24.2 Å². The van der Waals surface area contributed by atoms with Crippen LogP contribution in [0.5, 0.6) is 0 Å². The van der Waals surface area contributed by atoms with Crippen LogP contribution < -0.4 is 0 Å². The summed E-state index contributed by atoms with van der Waals surface area (Å²) in [6, 6.07) is 1.99. The Morgan fingerprint density at radius 3 is 3.10 bits per heavy atom. The van der Waals surface area contributed by atoms with Crippen molar-refractivity contribution in [3.63, 3.8) is 0 Å². The Balaban J connectivity index is 1.86. The minimum atomic E-state index is -0.0293. The van der Waals surface area contributed by atoms with Gasteiger partial charge >= 0.3 is 0 Å². The Hall–Kier alpha value is -1.40. The van der Waals surface area contributed by atoms with Gasteiger partial charge in [-0.2, -0.15) is 5.10 Å². The van der Waals surface area contributed by atoms with Gasteiger partial charge in [-0.05, 0) is 32.8 Å². The number of hydrogen-bond acceptors (Lipinski definition) is 4. The molecule has 0 radical (unpaired) electrons. The summed E-state index contributed by atoms with van der Waals surface area (Å²) in [5.74, 6) is 0.0394. The van der Waals surface area contributed by atoms with Crippen molar-refractivity contribution in [2.24, 2.45) is 0 Å². The highest BCUT2D eigenvalue weighted by atomic mass is 16.5. The molecule has 21 heavy (non-hydrogen) atoms. The molecule has 0 N–H and O–H groups in total. The maximum absolute atomic E-state index is 12.9. The molecule has 0 bridgehead atoms. The highest BCUT2D eigenvalue weighted by Crippen LogP contribution is 2.31. The van der Waals surface area contributed by atoms with E-state index in [1.165, 1.54) is 0 Å². The summed E-state index contributed by atoms with van der Waals surface area (Å²) < 4.78 is 13.1. The van der Waals surface area contributed by atoms with Crippen molar-refractivity contribution in [2.75, 3.05) is 20.3 Å². The van der Waals surface area contributed by atoms with Crippen LogP contribution in [0.15, 0.2) is 6.07 Å². The fraction of sp³-hybridized carbons (Fsp3) is 0.733. The quantitative estimate of drug-likeness (QED) is 0.841. The smallest absolute Gasteiger partial charge is 0.272 e. The number of aromatic nitrogens is 2. The van der Waals surface area contributed by atoms with Crippen LogP contribution in [0.1, 0.15) is 35.9 Å². The van der Waals surface area contributed by atoms with Gasteiger partial charge < -0.3 is 14.4 Å². The predicted molar refractivity (Wildman–Crippen MR) is 77.2 cm³/mol. The standard InChI is InChI=1S/C15H23N3O3/c1-4-18-12(8-10(2)16-18)15(19)17-9-13(20-3)14-11(17)6-5-7-21-14/h8,11,13-14H,4-7,9H2,1-3H3/t11-,13+,14+/m0/s1. The molecule has 1 amide bonds. The molecule has 1 aromatic heterocycles. The zero-order valence-electron chi connectivity index (χ0n) is 12.9. The largest absolute Gasteiger partial charge is 0.377 e. The minimum Gasteiger partial charge on any atom is -0.377 e. The number of fused-ring (bicyclic) bond motifs is 1. The van der Waals surface area contributed by atoms with Crippen molar-refractivity contribution in [3.05, 3.63) is 17.5 Å². The second-order valence-electron chi connectivity index (χ2n) is 5.76. The monoisotopic (exact) mass is 293 g/mol. The van der Waals surface area contributed by atoms with Gasteiger partial charge in [-0.25, -0.2) is 0 Å². The van der Waals surface area contributed by atoms with Gasteiger partial charge in [0.05, 0.1) is 18.3 Å². The van der Waals surface area contributed by atoms with E-state index in [9.17, 15) is 4.79 Å². The molecular formula is C15H23N3O3. The third-order valence-corrected chi connectivity index (χ3v) is 4.46. The summed E-state index contributed by atoms with van der Waals surface area (Å²) in [6.45, 7) is 5.96. The van der Waals surface area contributed by atoms with E-state index < -0.39 is 0 Å². The molecule has 3 atom stereocenters. The Kier molecular flexibility index (Phi) is 3.99. The maximum atomic E-state index is 12.9. The first-order valence-corrected chi connectivity index (χ1v) is 7.65. The van der Waals surface area contributed by atoms with E-state index in [0.717, 1.165) is 25.1 Å². The second kappa shape index (κ2) is 5.77.